The number of quaternary nitrogens is 1. The third kappa shape index (κ3) is 4.55. The van der Waals surface area contributed by atoms with Gasteiger partial charge in [-0.1, -0.05) is 42.5 Å². The summed E-state index contributed by atoms with van der Waals surface area (Å²) in [7, 11) is 0. The number of aromatic amines is 1. The van der Waals surface area contributed by atoms with Gasteiger partial charge in [-0.05, 0) is 24.6 Å². The molecule has 1 heterocycles. The lowest BCUT2D eigenvalue weighted by Crippen LogP contribution is -3.11. The third-order valence-corrected chi connectivity index (χ3v) is 4.32. The smallest absolute Gasteiger partial charge is 0.275 e. The molecular formula is C20H23N4O2+. The van der Waals surface area contributed by atoms with Gasteiger partial charge in [-0.25, -0.2) is 4.98 Å². The van der Waals surface area contributed by atoms with Crippen LogP contribution in [-0.4, -0.2) is 29.0 Å². The van der Waals surface area contributed by atoms with Gasteiger partial charge >= 0.3 is 0 Å². The zero-order valence-electron chi connectivity index (χ0n) is 14.8. The van der Waals surface area contributed by atoms with Crippen molar-refractivity contribution in [1.29, 1.82) is 0 Å². The summed E-state index contributed by atoms with van der Waals surface area (Å²) in [5.41, 5.74) is 1.60. The molecule has 134 valence electrons. The van der Waals surface area contributed by atoms with Crippen LogP contribution in [0.5, 0.6) is 0 Å². The highest BCUT2D eigenvalue weighted by atomic mass is 16.2. The molecule has 3 N–H and O–H groups in total. The minimum absolute atomic E-state index is 0.0196. The molecule has 1 aromatic heterocycles. The Morgan fingerprint density at radius 1 is 1.12 bits per heavy atom. The van der Waals surface area contributed by atoms with Crippen molar-refractivity contribution in [3.63, 3.8) is 0 Å². The zero-order chi connectivity index (χ0) is 18.4. The Balaban J connectivity index is 1.62. The lowest BCUT2D eigenvalue weighted by atomic mass is 10.2. The fraction of sp³-hybridized carbons (Fsp3) is 0.250. The van der Waals surface area contributed by atoms with E-state index in [1.54, 1.807) is 6.07 Å². The molecule has 3 aromatic rings. The Kier molecular flexibility index (Phi) is 5.76. The fourth-order valence-corrected chi connectivity index (χ4v) is 2.85. The summed E-state index contributed by atoms with van der Waals surface area (Å²) >= 11 is 0. The summed E-state index contributed by atoms with van der Waals surface area (Å²) in [6, 6.07) is 17.1. The second-order valence-electron chi connectivity index (χ2n) is 6.25. The van der Waals surface area contributed by atoms with E-state index in [-0.39, 0.29) is 11.5 Å². The van der Waals surface area contributed by atoms with E-state index in [1.807, 2.05) is 55.5 Å². The topological polar surface area (TPSA) is 79.3 Å². The second-order valence-corrected chi connectivity index (χ2v) is 6.25. The number of benzene rings is 2. The zero-order valence-corrected chi connectivity index (χ0v) is 14.8. The minimum atomic E-state index is -0.144. The molecule has 0 aliphatic heterocycles. The molecule has 0 aliphatic carbocycles. The standard InChI is InChI=1S/C20H22N4O2/c1-2-24(14-19(25)21-12-15-8-4-3-5-9-15)13-18-22-17-11-7-6-10-16(17)20(26)23-18/h3-11H,2,12-14H2,1H3,(H,21,25)(H,22,23,26)/p+1. The number of rotatable bonds is 7. The SMILES string of the molecule is CC[NH+](CC(=O)NCc1ccccc1)Cc1nc2ccccc2c(=O)[nH]1. The van der Waals surface area contributed by atoms with Gasteiger partial charge in [-0.15, -0.1) is 0 Å². The van der Waals surface area contributed by atoms with Crippen LogP contribution in [0.2, 0.25) is 0 Å². The number of likely N-dealkylation sites (N-methyl/N-ethyl adjacent to an activating group) is 1. The lowest BCUT2D eigenvalue weighted by molar-refractivity contribution is -0.904. The normalized spacial score (nSPS) is 12.0. The van der Waals surface area contributed by atoms with E-state index in [0.717, 1.165) is 17.0 Å². The Hall–Kier alpha value is -2.99. The van der Waals surface area contributed by atoms with Gasteiger partial charge in [0.1, 0.15) is 6.54 Å². The number of hydrogen-bond donors (Lipinski definition) is 3. The second kappa shape index (κ2) is 8.40. The van der Waals surface area contributed by atoms with Gasteiger partial charge in [0, 0.05) is 6.54 Å². The summed E-state index contributed by atoms with van der Waals surface area (Å²) in [6.45, 7) is 4.12. The van der Waals surface area contributed by atoms with Gasteiger partial charge in [0.05, 0.1) is 17.4 Å². The van der Waals surface area contributed by atoms with Crippen molar-refractivity contribution < 1.29 is 9.69 Å². The van der Waals surface area contributed by atoms with E-state index in [2.05, 4.69) is 15.3 Å². The van der Waals surface area contributed by atoms with E-state index in [0.29, 0.717) is 36.4 Å². The molecule has 0 spiro atoms. The van der Waals surface area contributed by atoms with Gasteiger partial charge in [0.15, 0.2) is 12.4 Å². The first kappa shape index (κ1) is 17.8. The van der Waals surface area contributed by atoms with E-state index < -0.39 is 0 Å². The summed E-state index contributed by atoms with van der Waals surface area (Å²) in [5, 5.41) is 3.52. The molecule has 3 rings (SSSR count). The molecule has 0 fully saturated rings. The summed E-state index contributed by atoms with van der Waals surface area (Å²) in [4.78, 5) is 32.8. The number of carbonyl (C=O) groups is 1. The Morgan fingerprint density at radius 3 is 2.62 bits per heavy atom. The lowest BCUT2D eigenvalue weighted by Gasteiger charge is -2.17. The molecule has 0 saturated carbocycles. The van der Waals surface area contributed by atoms with Crippen LogP contribution in [0.4, 0.5) is 0 Å². The summed E-state index contributed by atoms with van der Waals surface area (Å²) in [5.74, 6) is 0.579. The predicted octanol–water partition coefficient (Wildman–Crippen LogP) is 0.644. The molecular weight excluding hydrogens is 328 g/mol. The molecule has 6 nitrogen and oxygen atoms in total. The van der Waals surface area contributed by atoms with Crippen molar-refractivity contribution in [2.24, 2.45) is 0 Å². The van der Waals surface area contributed by atoms with Crippen LogP contribution in [0.1, 0.15) is 18.3 Å². The van der Waals surface area contributed by atoms with Crippen molar-refractivity contribution in [2.45, 2.75) is 20.0 Å². The van der Waals surface area contributed by atoms with Crippen LogP contribution in [0.15, 0.2) is 59.4 Å². The number of amides is 1. The van der Waals surface area contributed by atoms with E-state index in [4.69, 9.17) is 0 Å². The average molecular weight is 351 g/mol. The van der Waals surface area contributed by atoms with Gasteiger partial charge < -0.3 is 15.2 Å². The van der Waals surface area contributed by atoms with Gasteiger partial charge in [0.2, 0.25) is 0 Å². The number of nitrogens with zero attached hydrogens (tertiary/aromatic N) is 1. The minimum Gasteiger partial charge on any atom is -0.347 e. The maximum absolute atomic E-state index is 12.2. The first-order valence-corrected chi connectivity index (χ1v) is 8.78. The number of fused-ring (bicyclic) bond motifs is 1. The van der Waals surface area contributed by atoms with Gasteiger partial charge in [-0.3, -0.25) is 9.59 Å². The number of hydrogen-bond acceptors (Lipinski definition) is 3. The first-order valence-electron chi connectivity index (χ1n) is 8.78. The third-order valence-electron chi connectivity index (χ3n) is 4.32. The quantitative estimate of drug-likeness (QED) is 0.585. The van der Waals surface area contributed by atoms with Crippen molar-refractivity contribution in [1.82, 2.24) is 15.3 Å². The number of nitrogens with one attached hydrogen (secondary N) is 3. The van der Waals surface area contributed by atoms with Crippen LogP contribution in [-0.2, 0) is 17.9 Å². The average Bonchev–Trinajstić information content (AvgIpc) is 2.67. The molecule has 0 bridgehead atoms. The molecule has 2 aromatic carbocycles. The monoisotopic (exact) mass is 351 g/mol. The molecule has 0 saturated heterocycles. The van der Waals surface area contributed by atoms with Crippen LogP contribution in [0.25, 0.3) is 10.9 Å². The summed E-state index contributed by atoms with van der Waals surface area (Å²) in [6.07, 6.45) is 0. The molecule has 0 radical (unpaired) electrons. The van der Waals surface area contributed by atoms with Crippen LogP contribution in [0.3, 0.4) is 0 Å². The van der Waals surface area contributed by atoms with Gasteiger partial charge in [0.25, 0.3) is 11.5 Å². The van der Waals surface area contributed by atoms with Crippen LogP contribution >= 0.6 is 0 Å². The Labute approximate surface area is 151 Å². The molecule has 1 atom stereocenters. The highest BCUT2D eigenvalue weighted by molar-refractivity contribution is 5.77. The molecule has 1 unspecified atom stereocenters. The first-order chi connectivity index (χ1) is 12.7. The summed E-state index contributed by atoms with van der Waals surface area (Å²) < 4.78 is 0. The Morgan fingerprint density at radius 2 is 1.85 bits per heavy atom. The molecule has 0 aliphatic rings. The molecule has 1 amide bonds. The molecule has 26 heavy (non-hydrogen) atoms. The number of para-hydroxylation sites is 1. The van der Waals surface area contributed by atoms with Gasteiger partial charge in [-0.2, -0.15) is 0 Å². The molecule has 6 heteroatoms. The van der Waals surface area contributed by atoms with Crippen LogP contribution in [0, 0.1) is 0 Å². The highest BCUT2D eigenvalue weighted by Gasteiger charge is 2.15. The van der Waals surface area contributed by atoms with E-state index in [1.165, 1.54) is 0 Å². The maximum atomic E-state index is 12.2. The van der Waals surface area contributed by atoms with Crippen molar-refractivity contribution >= 4 is 16.8 Å². The highest BCUT2D eigenvalue weighted by Crippen LogP contribution is 2.04. The maximum Gasteiger partial charge on any atom is 0.275 e. The number of H-pyrrole nitrogens is 1. The predicted molar refractivity (Wildman–Crippen MR) is 101 cm³/mol. The number of carbonyl (C=O) groups excluding carboxylic acids is 1. The van der Waals surface area contributed by atoms with Crippen molar-refractivity contribution in [3.8, 4) is 0 Å². The Bertz CT molecular complexity index is 937. The van der Waals surface area contributed by atoms with Crippen molar-refractivity contribution in [3.05, 3.63) is 76.3 Å². The van der Waals surface area contributed by atoms with E-state index >= 15 is 0 Å². The fourth-order valence-electron chi connectivity index (χ4n) is 2.85. The van der Waals surface area contributed by atoms with E-state index in [9.17, 15) is 9.59 Å². The van der Waals surface area contributed by atoms with Crippen LogP contribution < -0.4 is 15.8 Å². The largest absolute Gasteiger partial charge is 0.347 e. The van der Waals surface area contributed by atoms with Crippen molar-refractivity contribution in [2.75, 3.05) is 13.1 Å². The number of aromatic nitrogens is 2.